The van der Waals surface area contributed by atoms with Crippen LogP contribution in [0.15, 0.2) is 0 Å². The molecule has 1 aliphatic carbocycles. The maximum absolute atomic E-state index is 11.8. The molecule has 1 amide bonds. The number of amides is 1. The van der Waals surface area contributed by atoms with Crippen molar-refractivity contribution in [3.63, 3.8) is 0 Å². The molecule has 0 unspecified atom stereocenters. The molecule has 15 heavy (non-hydrogen) atoms. The van der Waals surface area contributed by atoms with Gasteiger partial charge in [-0.3, -0.25) is 10.2 Å². The first-order chi connectivity index (χ1) is 7.18. The van der Waals surface area contributed by atoms with Crippen molar-refractivity contribution in [1.29, 1.82) is 0 Å². The molecule has 2 saturated heterocycles. The largest absolute Gasteiger partial charge is 0.439 e. The van der Waals surface area contributed by atoms with Gasteiger partial charge in [0.25, 0.3) is 0 Å². The van der Waals surface area contributed by atoms with Gasteiger partial charge in [-0.25, -0.2) is 4.79 Å². The van der Waals surface area contributed by atoms with Crippen molar-refractivity contribution in [3.05, 3.63) is 0 Å². The molecule has 84 valence electrons. The van der Waals surface area contributed by atoms with Crippen LogP contribution in [-0.2, 0) is 4.74 Å². The predicted octanol–water partition coefficient (Wildman–Crippen LogP) is 1.46. The van der Waals surface area contributed by atoms with Gasteiger partial charge in [-0.2, -0.15) is 0 Å². The standard InChI is InChI=1S/C11H18N2O2/c1-10-11(5-3-2-4-6-11)15-9(14)13(10)8-7-12-10/h12H,2-8H2,1H3/t10-/m1/s1. The number of carbonyl (C=O) groups excluding carboxylic acids is 1. The molecule has 0 aromatic heterocycles. The van der Waals surface area contributed by atoms with Gasteiger partial charge in [0.05, 0.1) is 0 Å². The smallest absolute Gasteiger partial charge is 0.412 e. The molecule has 1 N–H and O–H groups in total. The maximum Gasteiger partial charge on any atom is 0.412 e. The molecule has 0 aromatic rings. The van der Waals surface area contributed by atoms with E-state index >= 15 is 0 Å². The van der Waals surface area contributed by atoms with Crippen LogP contribution >= 0.6 is 0 Å². The van der Waals surface area contributed by atoms with Gasteiger partial charge in [0.2, 0.25) is 0 Å². The van der Waals surface area contributed by atoms with Crippen molar-refractivity contribution in [2.45, 2.75) is 50.3 Å². The molecule has 4 heteroatoms. The quantitative estimate of drug-likeness (QED) is 0.658. The second kappa shape index (κ2) is 2.88. The third-order valence-corrected chi connectivity index (χ3v) is 4.40. The van der Waals surface area contributed by atoms with Crippen molar-refractivity contribution in [1.82, 2.24) is 10.2 Å². The lowest BCUT2D eigenvalue weighted by atomic mass is 9.76. The highest BCUT2D eigenvalue weighted by atomic mass is 16.6. The topological polar surface area (TPSA) is 41.6 Å². The Balaban J connectivity index is 1.98. The molecule has 0 radical (unpaired) electrons. The Hall–Kier alpha value is -0.770. The lowest BCUT2D eigenvalue weighted by Crippen LogP contribution is -2.61. The van der Waals surface area contributed by atoms with Gasteiger partial charge in [0.15, 0.2) is 5.60 Å². The third-order valence-electron chi connectivity index (χ3n) is 4.40. The average molecular weight is 210 g/mol. The summed E-state index contributed by atoms with van der Waals surface area (Å²) in [6.45, 7) is 3.81. The van der Waals surface area contributed by atoms with Crippen LogP contribution in [0.25, 0.3) is 0 Å². The van der Waals surface area contributed by atoms with E-state index in [1.807, 2.05) is 4.90 Å². The van der Waals surface area contributed by atoms with E-state index < -0.39 is 0 Å². The first-order valence-electron chi connectivity index (χ1n) is 5.94. The highest BCUT2D eigenvalue weighted by Crippen LogP contribution is 2.48. The number of ether oxygens (including phenoxy) is 1. The van der Waals surface area contributed by atoms with E-state index in [2.05, 4.69) is 12.2 Å². The number of rotatable bonds is 0. The number of hydrogen-bond acceptors (Lipinski definition) is 3. The molecule has 4 nitrogen and oxygen atoms in total. The van der Waals surface area contributed by atoms with Crippen LogP contribution in [0.1, 0.15) is 39.0 Å². The van der Waals surface area contributed by atoms with Crippen molar-refractivity contribution < 1.29 is 9.53 Å². The molecule has 3 fully saturated rings. The fraction of sp³-hybridized carbons (Fsp3) is 0.909. The number of nitrogens with one attached hydrogen (secondary N) is 1. The lowest BCUT2D eigenvalue weighted by molar-refractivity contribution is -0.0409. The van der Waals surface area contributed by atoms with Gasteiger partial charge in [0, 0.05) is 13.1 Å². The minimum absolute atomic E-state index is 0.121. The number of nitrogens with zero attached hydrogens (tertiary/aromatic N) is 1. The summed E-state index contributed by atoms with van der Waals surface area (Å²) in [6.07, 6.45) is 5.54. The van der Waals surface area contributed by atoms with Crippen LogP contribution in [0.3, 0.4) is 0 Å². The summed E-state index contributed by atoms with van der Waals surface area (Å²) >= 11 is 0. The Morgan fingerprint density at radius 1 is 1.33 bits per heavy atom. The predicted molar refractivity (Wildman–Crippen MR) is 55.4 cm³/mol. The molecule has 1 atom stereocenters. The molecular weight excluding hydrogens is 192 g/mol. The Labute approximate surface area is 90.0 Å². The van der Waals surface area contributed by atoms with E-state index in [1.165, 1.54) is 19.3 Å². The van der Waals surface area contributed by atoms with Gasteiger partial charge in [0.1, 0.15) is 5.66 Å². The Morgan fingerprint density at radius 2 is 2.07 bits per heavy atom. The second-order valence-electron chi connectivity index (χ2n) is 5.07. The summed E-state index contributed by atoms with van der Waals surface area (Å²) in [5.41, 5.74) is -0.497. The Kier molecular flexibility index (Phi) is 1.81. The van der Waals surface area contributed by atoms with E-state index in [0.717, 1.165) is 25.9 Å². The van der Waals surface area contributed by atoms with Crippen molar-refractivity contribution >= 4 is 6.09 Å². The summed E-state index contributed by atoms with van der Waals surface area (Å²) < 4.78 is 5.68. The molecule has 2 aliphatic heterocycles. The van der Waals surface area contributed by atoms with E-state index in [4.69, 9.17) is 4.74 Å². The van der Waals surface area contributed by atoms with Crippen LogP contribution in [0.5, 0.6) is 0 Å². The van der Waals surface area contributed by atoms with Gasteiger partial charge >= 0.3 is 6.09 Å². The molecule has 0 aromatic carbocycles. The van der Waals surface area contributed by atoms with E-state index in [9.17, 15) is 4.79 Å². The third kappa shape index (κ3) is 1.03. The van der Waals surface area contributed by atoms with Crippen molar-refractivity contribution in [2.24, 2.45) is 0 Å². The van der Waals surface area contributed by atoms with Crippen LogP contribution in [0.4, 0.5) is 4.79 Å². The maximum atomic E-state index is 11.8. The number of hydrogen-bond donors (Lipinski definition) is 1. The highest BCUT2D eigenvalue weighted by Gasteiger charge is 2.63. The number of fused-ring (bicyclic) bond motifs is 2. The van der Waals surface area contributed by atoms with Gasteiger partial charge in [-0.1, -0.05) is 6.42 Å². The lowest BCUT2D eigenvalue weighted by Gasteiger charge is -2.42. The molecule has 0 bridgehead atoms. The monoisotopic (exact) mass is 210 g/mol. The molecule has 3 aliphatic rings. The first kappa shape index (κ1) is 9.46. The summed E-state index contributed by atoms with van der Waals surface area (Å²) in [5.74, 6) is 0. The van der Waals surface area contributed by atoms with Crippen LogP contribution in [0, 0.1) is 0 Å². The normalized spacial score (nSPS) is 38.2. The van der Waals surface area contributed by atoms with Crippen LogP contribution in [0.2, 0.25) is 0 Å². The summed E-state index contributed by atoms with van der Waals surface area (Å²) in [5, 5.41) is 3.47. The Bertz CT molecular complexity index is 299. The SMILES string of the molecule is C[C@@]12NCCN1C(=O)OC21CCCCC1. The zero-order valence-electron chi connectivity index (χ0n) is 9.21. The van der Waals surface area contributed by atoms with Crippen LogP contribution < -0.4 is 5.32 Å². The summed E-state index contributed by atoms with van der Waals surface area (Å²) in [4.78, 5) is 13.7. The average Bonchev–Trinajstić information content (AvgIpc) is 2.70. The summed E-state index contributed by atoms with van der Waals surface area (Å²) in [6, 6.07) is 0. The van der Waals surface area contributed by atoms with E-state index in [-0.39, 0.29) is 17.4 Å². The van der Waals surface area contributed by atoms with Gasteiger partial charge in [-0.05, 0) is 32.6 Å². The van der Waals surface area contributed by atoms with Gasteiger partial charge < -0.3 is 4.74 Å². The van der Waals surface area contributed by atoms with Crippen molar-refractivity contribution in [3.8, 4) is 0 Å². The fourth-order valence-electron chi connectivity index (χ4n) is 3.44. The minimum Gasteiger partial charge on any atom is -0.439 e. The molecule has 1 saturated carbocycles. The van der Waals surface area contributed by atoms with E-state index in [0.29, 0.717) is 0 Å². The van der Waals surface area contributed by atoms with Crippen molar-refractivity contribution in [2.75, 3.05) is 13.1 Å². The molecular formula is C11H18N2O2. The molecule has 3 rings (SSSR count). The fourth-order valence-corrected chi connectivity index (χ4v) is 3.44. The van der Waals surface area contributed by atoms with Gasteiger partial charge in [-0.15, -0.1) is 0 Å². The Morgan fingerprint density at radius 3 is 2.80 bits per heavy atom. The first-order valence-corrected chi connectivity index (χ1v) is 5.94. The molecule has 1 spiro atoms. The van der Waals surface area contributed by atoms with E-state index in [1.54, 1.807) is 0 Å². The zero-order chi connectivity index (χ0) is 10.5. The zero-order valence-corrected chi connectivity index (χ0v) is 9.21. The minimum atomic E-state index is -0.251. The summed E-state index contributed by atoms with van der Waals surface area (Å²) in [7, 11) is 0. The van der Waals surface area contributed by atoms with Crippen LogP contribution in [-0.4, -0.2) is 35.3 Å². The highest BCUT2D eigenvalue weighted by molar-refractivity contribution is 5.73. The number of carbonyl (C=O) groups is 1. The second-order valence-corrected chi connectivity index (χ2v) is 5.07. The molecule has 2 heterocycles.